The van der Waals surface area contributed by atoms with E-state index < -0.39 is 39.4 Å². The molecule has 0 amide bonds. The van der Waals surface area contributed by atoms with Crippen LogP contribution in [0.5, 0.6) is 0 Å². The van der Waals surface area contributed by atoms with Gasteiger partial charge in [0.05, 0.1) is 28.7 Å². The first-order valence-corrected chi connectivity index (χ1v) is 4.60. The Kier molecular flexibility index (Phi) is 3.75. The standard InChI is InChI=1S/C10H5F3N2O4/c1-19-9(16)8-5(4-14)2-6(15(17)18)3-7(8)10(11,12)13/h2-3H,1H3. The van der Waals surface area contributed by atoms with Crippen LogP contribution in [0.15, 0.2) is 12.1 Å². The summed E-state index contributed by atoms with van der Waals surface area (Å²) in [6.45, 7) is 0. The number of methoxy groups -OCH3 is 1. The molecule has 1 aromatic carbocycles. The number of nitro benzene ring substituents is 1. The fourth-order valence-corrected chi connectivity index (χ4v) is 1.37. The van der Waals surface area contributed by atoms with E-state index in [1.165, 1.54) is 6.07 Å². The first kappa shape index (κ1) is 14.4. The second kappa shape index (κ2) is 4.93. The van der Waals surface area contributed by atoms with Crippen LogP contribution in [-0.2, 0) is 10.9 Å². The van der Waals surface area contributed by atoms with E-state index in [1.807, 2.05) is 0 Å². The number of benzene rings is 1. The fourth-order valence-electron chi connectivity index (χ4n) is 1.37. The van der Waals surface area contributed by atoms with E-state index in [0.29, 0.717) is 6.07 Å². The summed E-state index contributed by atoms with van der Waals surface area (Å²) in [5.41, 5.74) is -4.32. The summed E-state index contributed by atoms with van der Waals surface area (Å²) in [5, 5.41) is 19.2. The minimum absolute atomic E-state index is 0.188. The molecule has 19 heavy (non-hydrogen) atoms. The predicted molar refractivity (Wildman–Crippen MR) is 54.2 cm³/mol. The molecule has 9 heteroatoms. The van der Waals surface area contributed by atoms with Crippen molar-refractivity contribution >= 4 is 11.7 Å². The van der Waals surface area contributed by atoms with Crippen molar-refractivity contribution in [2.75, 3.05) is 7.11 Å². The average Bonchev–Trinajstić information content (AvgIpc) is 2.34. The third-order valence-corrected chi connectivity index (χ3v) is 2.15. The van der Waals surface area contributed by atoms with Crippen molar-refractivity contribution < 1.29 is 27.6 Å². The topological polar surface area (TPSA) is 93.2 Å². The van der Waals surface area contributed by atoms with Crippen molar-refractivity contribution in [1.82, 2.24) is 0 Å². The first-order chi connectivity index (χ1) is 8.72. The number of alkyl halides is 3. The molecule has 1 rings (SSSR count). The number of halogens is 3. The molecule has 1 aromatic rings. The van der Waals surface area contributed by atoms with Crippen LogP contribution in [0, 0.1) is 21.4 Å². The molecule has 0 atom stereocenters. The zero-order valence-electron chi connectivity index (χ0n) is 9.32. The molecule has 100 valence electrons. The molecule has 0 radical (unpaired) electrons. The minimum atomic E-state index is -5.03. The summed E-state index contributed by atoms with van der Waals surface area (Å²) in [5.74, 6) is -1.39. The van der Waals surface area contributed by atoms with Gasteiger partial charge in [-0.25, -0.2) is 4.79 Å². The van der Waals surface area contributed by atoms with Crippen molar-refractivity contribution in [2.45, 2.75) is 6.18 Å². The minimum Gasteiger partial charge on any atom is -0.465 e. The number of hydrogen-bond acceptors (Lipinski definition) is 5. The van der Waals surface area contributed by atoms with Gasteiger partial charge >= 0.3 is 12.1 Å². The first-order valence-electron chi connectivity index (χ1n) is 4.60. The maximum Gasteiger partial charge on any atom is 0.417 e. The lowest BCUT2D eigenvalue weighted by atomic mass is 10.00. The Morgan fingerprint density at radius 1 is 1.47 bits per heavy atom. The Morgan fingerprint density at radius 2 is 2.05 bits per heavy atom. The Labute approximate surface area is 104 Å². The Balaban J connectivity index is 3.74. The Hall–Kier alpha value is -2.63. The molecule has 0 fully saturated rings. The van der Waals surface area contributed by atoms with Gasteiger partial charge in [-0.3, -0.25) is 10.1 Å². The predicted octanol–water partition coefficient (Wildman–Crippen LogP) is 2.27. The molecule has 0 aliphatic carbocycles. The summed E-state index contributed by atoms with van der Waals surface area (Å²) in [4.78, 5) is 20.7. The molecule has 0 saturated carbocycles. The summed E-state index contributed by atoms with van der Waals surface area (Å²) >= 11 is 0. The molecular formula is C10H5F3N2O4. The van der Waals surface area contributed by atoms with E-state index in [9.17, 15) is 28.1 Å². The lowest BCUT2D eigenvalue weighted by Crippen LogP contribution is -2.16. The molecule has 0 aliphatic rings. The van der Waals surface area contributed by atoms with E-state index in [0.717, 1.165) is 7.11 Å². The summed E-state index contributed by atoms with van der Waals surface area (Å²) in [7, 11) is 0.838. The van der Waals surface area contributed by atoms with Crippen LogP contribution in [0.25, 0.3) is 0 Å². The smallest absolute Gasteiger partial charge is 0.417 e. The second-order valence-electron chi connectivity index (χ2n) is 3.27. The molecule has 0 unspecified atom stereocenters. The maximum atomic E-state index is 12.8. The van der Waals surface area contributed by atoms with Crippen LogP contribution >= 0.6 is 0 Å². The fraction of sp³-hybridized carbons (Fsp3) is 0.200. The number of nitriles is 1. The quantitative estimate of drug-likeness (QED) is 0.468. The Bertz CT molecular complexity index is 590. The third kappa shape index (κ3) is 2.79. The molecule has 0 aromatic heterocycles. The van der Waals surface area contributed by atoms with Crippen LogP contribution in [0.2, 0.25) is 0 Å². The van der Waals surface area contributed by atoms with Crippen LogP contribution < -0.4 is 0 Å². The van der Waals surface area contributed by atoms with Gasteiger partial charge in [0, 0.05) is 12.1 Å². The van der Waals surface area contributed by atoms with E-state index in [-0.39, 0.29) is 6.07 Å². The van der Waals surface area contributed by atoms with Crippen LogP contribution in [-0.4, -0.2) is 18.0 Å². The van der Waals surface area contributed by atoms with Crippen LogP contribution in [0.3, 0.4) is 0 Å². The molecule has 0 aliphatic heterocycles. The number of carbonyl (C=O) groups excluding carboxylic acids is 1. The van der Waals surface area contributed by atoms with Gasteiger partial charge in [-0.05, 0) is 0 Å². The SMILES string of the molecule is COC(=O)c1c(C#N)cc([N+](=O)[O-])cc1C(F)(F)F. The highest BCUT2D eigenvalue weighted by Gasteiger charge is 2.39. The average molecular weight is 274 g/mol. The lowest BCUT2D eigenvalue weighted by Gasteiger charge is -2.12. The Morgan fingerprint density at radius 3 is 2.42 bits per heavy atom. The van der Waals surface area contributed by atoms with E-state index in [1.54, 1.807) is 0 Å². The van der Waals surface area contributed by atoms with Crippen molar-refractivity contribution in [3.8, 4) is 6.07 Å². The van der Waals surface area contributed by atoms with E-state index >= 15 is 0 Å². The molecule has 0 N–H and O–H groups in total. The highest BCUT2D eigenvalue weighted by Crippen LogP contribution is 2.36. The normalized spacial score (nSPS) is 10.7. The molecule has 6 nitrogen and oxygen atoms in total. The number of hydrogen-bond donors (Lipinski definition) is 0. The molecule has 0 bridgehead atoms. The number of esters is 1. The number of carbonyl (C=O) groups is 1. The number of nitrogens with zero attached hydrogens (tertiary/aromatic N) is 2. The summed E-state index contributed by atoms with van der Waals surface area (Å²) < 4.78 is 42.5. The zero-order valence-corrected chi connectivity index (χ0v) is 9.32. The molecular weight excluding hydrogens is 269 g/mol. The van der Waals surface area contributed by atoms with Gasteiger partial charge in [-0.2, -0.15) is 18.4 Å². The summed E-state index contributed by atoms with van der Waals surface area (Å²) in [6, 6.07) is 2.09. The monoisotopic (exact) mass is 274 g/mol. The number of non-ortho nitro benzene ring substituents is 1. The van der Waals surface area contributed by atoms with E-state index in [2.05, 4.69) is 4.74 Å². The molecule has 0 spiro atoms. The molecule has 0 heterocycles. The molecule has 0 saturated heterocycles. The van der Waals surface area contributed by atoms with Crippen molar-refractivity contribution in [3.63, 3.8) is 0 Å². The highest BCUT2D eigenvalue weighted by atomic mass is 19.4. The number of ether oxygens (including phenoxy) is 1. The number of nitro groups is 1. The van der Waals surface area contributed by atoms with Gasteiger partial charge in [0.15, 0.2) is 0 Å². The van der Waals surface area contributed by atoms with Gasteiger partial charge in [-0.1, -0.05) is 0 Å². The van der Waals surface area contributed by atoms with Gasteiger partial charge < -0.3 is 4.74 Å². The number of rotatable bonds is 2. The largest absolute Gasteiger partial charge is 0.465 e. The van der Waals surface area contributed by atoms with E-state index in [4.69, 9.17) is 5.26 Å². The third-order valence-electron chi connectivity index (χ3n) is 2.15. The van der Waals surface area contributed by atoms with Crippen LogP contribution in [0.4, 0.5) is 18.9 Å². The van der Waals surface area contributed by atoms with Gasteiger partial charge in [-0.15, -0.1) is 0 Å². The van der Waals surface area contributed by atoms with Crippen LogP contribution in [0.1, 0.15) is 21.5 Å². The summed E-state index contributed by atoms with van der Waals surface area (Å²) in [6.07, 6.45) is -5.03. The van der Waals surface area contributed by atoms with Crippen molar-refractivity contribution in [2.24, 2.45) is 0 Å². The highest BCUT2D eigenvalue weighted by molar-refractivity contribution is 5.94. The van der Waals surface area contributed by atoms with Gasteiger partial charge in [0.2, 0.25) is 0 Å². The second-order valence-corrected chi connectivity index (χ2v) is 3.27. The maximum absolute atomic E-state index is 12.8. The van der Waals surface area contributed by atoms with Crippen molar-refractivity contribution in [1.29, 1.82) is 5.26 Å². The lowest BCUT2D eigenvalue weighted by molar-refractivity contribution is -0.385. The van der Waals surface area contributed by atoms with Crippen molar-refractivity contribution in [3.05, 3.63) is 38.9 Å². The zero-order chi connectivity index (χ0) is 14.8. The van der Waals surface area contributed by atoms with Gasteiger partial charge in [0.25, 0.3) is 5.69 Å². The van der Waals surface area contributed by atoms with Gasteiger partial charge in [0.1, 0.15) is 6.07 Å².